The average molecular weight is 308 g/mol. The van der Waals surface area contributed by atoms with E-state index in [1.807, 2.05) is 0 Å². The summed E-state index contributed by atoms with van der Waals surface area (Å²) in [6.45, 7) is -0.0441. The molecule has 0 heterocycles. The highest BCUT2D eigenvalue weighted by Gasteiger charge is 2.08. The topological polar surface area (TPSA) is 38.3 Å². The number of hydrogen-bond acceptors (Lipinski definition) is 3. The number of esters is 1. The van der Waals surface area contributed by atoms with Crippen molar-refractivity contribution in [2.75, 3.05) is 13.7 Å². The lowest BCUT2D eigenvalue weighted by Gasteiger charge is -2.07. The minimum atomic E-state index is -2.37. The number of benzene rings is 1. The van der Waals surface area contributed by atoms with Crippen LogP contribution < -0.4 is 5.32 Å². The van der Waals surface area contributed by atoms with E-state index in [1.165, 1.54) is 7.11 Å². The Morgan fingerprint density at radius 3 is 2.76 bits per heavy atom. The van der Waals surface area contributed by atoms with E-state index in [0.29, 0.717) is 16.6 Å². The molecular formula is C11H12BrF2NO2. The normalized spacial score (nSPS) is 10.6. The Labute approximate surface area is 106 Å². The fourth-order valence-electron chi connectivity index (χ4n) is 1.25. The van der Waals surface area contributed by atoms with E-state index < -0.39 is 12.4 Å². The van der Waals surface area contributed by atoms with Gasteiger partial charge in [0.05, 0.1) is 19.2 Å². The summed E-state index contributed by atoms with van der Waals surface area (Å²) in [5, 5.41) is 2.61. The van der Waals surface area contributed by atoms with E-state index in [1.54, 1.807) is 18.2 Å². The minimum Gasteiger partial charge on any atom is -0.465 e. The van der Waals surface area contributed by atoms with Gasteiger partial charge >= 0.3 is 5.97 Å². The van der Waals surface area contributed by atoms with Crippen LogP contribution in [0.5, 0.6) is 0 Å². The SMILES string of the molecule is COC(=O)c1ccc(CNCC(F)F)c(Br)c1. The van der Waals surface area contributed by atoms with Crippen LogP contribution >= 0.6 is 15.9 Å². The number of halogens is 3. The molecule has 1 aromatic carbocycles. The van der Waals surface area contributed by atoms with E-state index >= 15 is 0 Å². The third-order valence-electron chi connectivity index (χ3n) is 2.09. The molecule has 0 aliphatic heterocycles. The van der Waals surface area contributed by atoms with Crippen molar-refractivity contribution in [2.45, 2.75) is 13.0 Å². The highest BCUT2D eigenvalue weighted by molar-refractivity contribution is 9.10. The maximum absolute atomic E-state index is 11.9. The molecule has 0 aliphatic rings. The van der Waals surface area contributed by atoms with Gasteiger partial charge in [0.25, 0.3) is 6.43 Å². The molecule has 0 aliphatic carbocycles. The highest BCUT2D eigenvalue weighted by atomic mass is 79.9. The van der Waals surface area contributed by atoms with Gasteiger partial charge in [-0.1, -0.05) is 22.0 Å². The second kappa shape index (κ2) is 6.66. The summed E-state index contributed by atoms with van der Waals surface area (Å²) in [4.78, 5) is 11.2. The maximum Gasteiger partial charge on any atom is 0.337 e. The Morgan fingerprint density at radius 1 is 1.53 bits per heavy atom. The van der Waals surface area contributed by atoms with Crippen molar-refractivity contribution in [1.82, 2.24) is 5.32 Å². The molecule has 6 heteroatoms. The third kappa shape index (κ3) is 4.40. The molecule has 0 radical (unpaired) electrons. The van der Waals surface area contributed by atoms with Gasteiger partial charge in [-0.25, -0.2) is 13.6 Å². The van der Waals surface area contributed by atoms with Crippen LogP contribution in [-0.4, -0.2) is 26.0 Å². The summed E-state index contributed by atoms with van der Waals surface area (Å²) >= 11 is 3.28. The van der Waals surface area contributed by atoms with E-state index in [4.69, 9.17) is 0 Å². The number of methoxy groups -OCH3 is 1. The van der Waals surface area contributed by atoms with Crippen LogP contribution in [0.3, 0.4) is 0 Å². The maximum atomic E-state index is 11.9. The second-order valence-electron chi connectivity index (χ2n) is 3.32. The van der Waals surface area contributed by atoms with Crippen LogP contribution in [0.2, 0.25) is 0 Å². The molecule has 0 amide bonds. The summed E-state index contributed by atoms with van der Waals surface area (Å²) in [5.74, 6) is -0.433. The Kier molecular flexibility index (Phi) is 5.50. The lowest BCUT2D eigenvalue weighted by molar-refractivity contribution is 0.0600. The fourth-order valence-corrected chi connectivity index (χ4v) is 1.77. The second-order valence-corrected chi connectivity index (χ2v) is 4.17. The molecule has 0 aromatic heterocycles. The molecule has 0 fully saturated rings. The lowest BCUT2D eigenvalue weighted by Crippen LogP contribution is -2.20. The van der Waals surface area contributed by atoms with Crippen molar-refractivity contribution in [3.8, 4) is 0 Å². The summed E-state index contributed by atoms with van der Waals surface area (Å²) in [6, 6.07) is 4.88. The van der Waals surface area contributed by atoms with Gasteiger partial charge in [-0.2, -0.15) is 0 Å². The smallest absolute Gasteiger partial charge is 0.337 e. The van der Waals surface area contributed by atoms with Crippen molar-refractivity contribution >= 4 is 21.9 Å². The molecule has 0 saturated carbocycles. The molecule has 0 saturated heterocycles. The van der Waals surface area contributed by atoms with Crippen LogP contribution in [0.25, 0.3) is 0 Å². The van der Waals surface area contributed by atoms with Crippen molar-refractivity contribution in [2.24, 2.45) is 0 Å². The predicted octanol–water partition coefficient (Wildman–Crippen LogP) is 2.59. The van der Waals surface area contributed by atoms with Crippen LogP contribution in [-0.2, 0) is 11.3 Å². The third-order valence-corrected chi connectivity index (χ3v) is 2.83. The summed E-state index contributed by atoms with van der Waals surface area (Å²) < 4.78 is 29.1. The first-order valence-corrected chi connectivity index (χ1v) is 5.69. The lowest BCUT2D eigenvalue weighted by atomic mass is 10.1. The van der Waals surface area contributed by atoms with E-state index in [0.717, 1.165) is 5.56 Å². The molecule has 94 valence electrons. The quantitative estimate of drug-likeness (QED) is 0.850. The van der Waals surface area contributed by atoms with Crippen molar-refractivity contribution in [3.05, 3.63) is 33.8 Å². The zero-order chi connectivity index (χ0) is 12.8. The molecule has 17 heavy (non-hydrogen) atoms. The summed E-state index contributed by atoms with van der Waals surface area (Å²) in [5.41, 5.74) is 1.22. The first kappa shape index (κ1) is 14.1. The van der Waals surface area contributed by atoms with Gasteiger partial charge in [0, 0.05) is 11.0 Å². The Balaban J connectivity index is 2.66. The number of rotatable bonds is 5. The molecule has 0 spiro atoms. The fraction of sp³-hybridized carbons (Fsp3) is 0.364. The molecule has 1 N–H and O–H groups in total. The number of nitrogens with one attached hydrogen (secondary N) is 1. The van der Waals surface area contributed by atoms with Gasteiger partial charge in [-0.3, -0.25) is 0 Å². The van der Waals surface area contributed by atoms with E-state index in [-0.39, 0.29) is 6.54 Å². The van der Waals surface area contributed by atoms with Gasteiger partial charge in [0.15, 0.2) is 0 Å². The predicted molar refractivity (Wildman–Crippen MR) is 63.2 cm³/mol. The number of carbonyl (C=O) groups excluding carboxylic acids is 1. The molecule has 0 atom stereocenters. The van der Waals surface area contributed by atoms with Crippen LogP contribution in [0.4, 0.5) is 8.78 Å². The first-order valence-electron chi connectivity index (χ1n) is 4.90. The number of alkyl halides is 2. The zero-order valence-electron chi connectivity index (χ0n) is 9.17. The van der Waals surface area contributed by atoms with Gasteiger partial charge in [0.1, 0.15) is 0 Å². The molecule has 1 aromatic rings. The van der Waals surface area contributed by atoms with Crippen molar-refractivity contribution in [3.63, 3.8) is 0 Å². The monoisotopic (exact) mass is 307 g/mol. The Bertz CT molecular complexity index is 399. The molecule has 0 bridgehead atoms. The number of hydrogen-bond donors (Lipinski definition) is 1. The number of ether oxygens (including phenoxy) is 1. The van der Waals surface area contributed by atoms with E-state index in [9.17, 15) is 13.6 Å². The minimum absolute atomic E-state index is 0.312. The van der Waals surface area contributed by atoms with Crippen LogP contribution in [0.15, 0.2) is 22.7 Å². The first-order chi connectivity index (χ1) is 8.04. The molecular weight excluding hydrogens is 296 g/mol. The Morgan fingerprint density at radius 2 is 2.24 bits per heavy atom. The Hall–Kier alpha value is -1.01. The van der Waals surface area contributed by atoms with Gasteiger partial charge in [-0.15, -0.1) is 0 Å². The largest absolute Gasteiger partial charge is 0.465 e. The zero-order valence-corrected chi connectivity index (χ0v) is 10.8. The summed E-state index contributed by atoms with van der Waals surface area (Å²) in [7, 11) is 1.30. The standard InChI is InChI=1S/C11H12BrF2NO2/c1-17-11(16)7-2-3-8(9(12)4-7)5-15-6-10(13)14/h2-4,10,15H,5-6H2,1H3. The summed E-state index contributed by atoms with van der Waals surface area (Å²) in [6.07, 6.45) is -2.37. The number of carbonyl (C=O) groups is 1. The van der Waals surface area contributed by atoms with Crippen molar-refractivity contribution < 1.29 is 18.3 Å². The van der Waals surface area contributed by atoms with Crippen LogP contribution in [0, 0.1) is 0 Å². The van der Waals surface area contributed by atoms with Crippen LogP contribution in [0.1, 0.15) is 15.9 Å². The molecule has 1 rings (SSSR count). The average Bonchev–Trinajstić information content (AvgIpc) is 2.29. The van der Waals surface area contributed by atoms with E-state index in [2.05, 4.69) is 26.0 Å². The molecule has 3 nitrogen and oxygen atoms in total. The van der Waals surface area contributed by atoms with Gasteiger partial charge < -0.3 is 10.1 Å². The van der Waals surface area contributed by atoms with Gasteiger partial charge in [-0.05, 0) is 17.7 Å². The van der Waals surface area contributed by atoms with Crippen molar-refractivity contribution in [1.29, 1.82) is 0 Å². The van der Waals surface area contributed by atoms with Gasteiger partial charge in [0.2, 0.25) is 0 Å². The highest BCUT2D eigenvalue weighted by Crippen LogP contribution is 2.19. The molecule has 0 unspecified atom stereocenters.